The summed E-state index contributed by atoms with van der Waals surface area (Å²) in [5.41, 5.74) is 6.60. The van der Waals surface area contributed by atoms with E-state index in [1.807, 2.05) is 38.1 Å². The van der Waals surface area contributed by atoms with Crippen molar-refractivity contribution in [3.05, 3.63) is 29.8 Å². The number of ether oxygens (including phenoxy) is 1. The largest absolute Gasteiger partial charge is 0.491 e. The third-order valence-electron chi connectivity index (χ3n) is 3.53. The molecule has 0 unspecified atom stereocenters. The van der Waals surface area contributed by atoms with Crippen molar-refractivity contribution in [1.82, 2.24) is 4.90 Å². The number of benzene rings is 1. The minimum atomic E-state index is 0.115. The normalized spacial score (nSPS) is 17.4. The van der Waals surface area contributed by atoms with Crippen LogP contribution in [0.4, 0.5) is 0 Å². The molecule has 1 aliphatic rings. The van der Waals surface area contributed by atoms with Gasteiger partial charge < -0.3 is 10.5 Å². The average molecular weight is 276 g/mol. The minimum absolute atomic E-state index is 0.115. The fraction of sp³-hybridized carbons (Fsp3) is 0.562. The molecular weight excluding hydrogens is 252 g/mol. The Bertz CT molecular complexity index is 452. The Morgan fingerprint density at radius 2 is 2.10 bits per heavy atom. The van der Waals surface area contributed by atoms with Gasteiger partial charge >= 0.3 is 0 Å². The van der Waals surface area contributed by atoms with Crippen molar-refractivity contribution in [3.63, 3.8) is 0 Å². The van der Waals surface area contributed by atoms with Crippen LogP contribution < -0.4 is 10.5 Å². The number of Topliss-reactive ketones (excluding diaryl/α,β-unsaturated/α-hetero) is 1. The van der Waals surface area contributed by atoms with Crippen LogP contribution >= 0.6 is 0 Å². The molecule has 1 fully saturated rings. The van der Waals surface area contributed by atoms with Gasteiger partial charge in [0.05, 0.1) is 12.6 Å². The maximum absolute atomic E-state index is 12.3. The molecule has 4 nitrogen and oxygen atoms in total. The molecule has 0 bridgehead atoms. The van der Waals surface area contributed by atoms with Crippen molar-refractivity contribution in [2.75, 3.05) is 19.6 Å². The van der Waals surface area contributed by atoms with Crippen molar-refractivity contribution in [2.24, 2.45) is 5.73 Å². The lowest BCUT2D eigenvalue weighted by Crippen LogP contribution is -2.41. The highest BCUT2D eigenvalue weighted by Crippen LogP contribution is 2.16. The van der Waals surface area contributed by atoms with Crippen LogP contribution in [0.25, 0.3) is 0 Å². The van der Waals surface area contributed by atoms with E-state index in [9.17, 15) is 4.79 Å². The van der Waals surface area contributed by atoms with Crippen molar-refractivity contribution in [1.29, 1.82) is 0 Å². The number of nitrogens with zero attached hydrogens (tertiary/aromatic N) is 1. The molecule has 0 amide bonds. The quantitative estimate of drug-likeness (QED) is 0.837. The van der Waals surface area contributed by atoms with E-state index < -0.39 is 0 Å². The topological polar surface area (TPSA) is 55.6 Å². The summed E-state index contributed by atoms with van der Waals surface area (Å²) in [5.74, 6) is 0.904. The number of carbonyl (C=O) groups excluding carboxylic acids is 1. The van der Waals surface area contributed by atoms with Gasteiger partial charge in [0.25, 0.3) is 0 Å². The van der Waals surface area contributed by atoms with Crippen LogP contribution in [0, 0.1) is 0 Å². The molecule has 2 N–H and O–H groups in total. The van der Waals surface area contributed by atoms with Gasteiger partial charge in [0, 0.05) is 24.7 Å². The summed E-state index contributed by atoms with van der Waals surface area (Å²) in [6.07, 6.45) is 2.07. The maximum atomic E-state index is 12.3. The predicted molar refractivity (Wildman–Crippen MR) is 80.2 cm³/mol. The summed E-state index contributed by atoms with van der Waals surface area (Å²) in [4.78, 5) is 14.5. The molecular formula is C16H24N2O2. The van der Waals surface area contributed by atoms with Gasteiger partial charge in [0.2, 0.25) is 0 Å². The number of hydrogen-bond acceptors (Lipinski definition) is 4. The number of nitrogens with two attached hydrogens (primary N) is 1. The summed E-state index contributed by atoms with van der Waals surface area (Å²) >= 11 is 0. The van der Waals surface area contributed by atoms with E-state index >= 15 is 0 Å². The van der Waals surface area contributed by atoms with Crippen LogP contribution in [0.2, 0.25) is 0 Å². The van der Waals surface area contributed by atoms with E-state index in [2.05, 4.69) is 4.90 Å². The predicted octanol–water partition coefficient (Wildman–Crippen LogP) is 2.08. The Balaban J connectivity index is 1.95. The van der Waals surface area contributed by atoms with Crippen molar-refractivity contribution in [2.45, 2.75) is 38.8 Å². The van der Waals surface area contributed by atoms with Gasteiger partial charge in [-0.05, 0) is 38.8 Å². The first-order chi connectivity index (χ1) is 9.54. The molecule has 0 radical (unpaired) electrons. The minimum Gasteiger partial charge on any atom is -0.491 e. The lowest BCUT2D eigenvalue weighted by Gasteiger charge is -2.29. The Morgan fingerprint density at radius 1 is 1.40 bits per heavy atom. The standard InChI is InChI=1S/C16H24N2O2/c1-12(2)20-15-5-3-4-13(10-15)16(19)11-18-8-6-14(17)7-9-18/h3-5,10,12,14H,6-9,11,17H2,1-2H3. The Morgan fingerprint density at radius 3 is 2.75 bits per heavy atom. The zero-order valence-corrected chi connectivity index (χ0v) is 12.3. The third-order valence-corrected chi connectivity index (χ3v) is 3.53. The van der Waals surface area contributed by atoms with Crippen LogP contribution in [-0.4, -0.2) is 42.5 Å². The Hall–Kier alpha value is -1.39. The van der Waals surface area contributed by atoms with Crippen molar-refractivity contribution < 1.29 is 9.53 Å². The van der Waals surface area contributed by atoms with Crippen LogP contribution in [0.15, 0.2) is 24.3 Å². The van der Waals surface area contributed by atoms with Crippen LogP contribution in [0.5, 0.6) is 5.75 Å². The molecule has 110 valence electrons. The summed E-state index contributed by atoms with van der Waals surface area (Å²) in [7, 11) is 0. The highest BCUT2D eigenvalue weighted by molar-refractivity contribution is 5.97. The number of ketones is 1. The molecule has 2 rings (SSSR count). The van der Waals surface area contributed by atoms with Crippen LogP contribution in [-0.2, 0) is 0 Å². The molecule has 4 heteroatoms. The van der Waals surface area contributed by atoms with Crippen molar-refractivity contribution >= 4 is 5.78 Å². The molecule has 1 aromatic carbocycles. The zero-order chi connectivity index (χ0) is 14.5. The molecule has 0 aromatic heterocycles. The monoisotopic (exact) mass is 276 g/mol. The number of likely N-dealkylation sites (tertiary alicyclic amines) is 1. The smallest absolute Gasteiger partial charge is 0.176 e. The van der Waals surface area contributed by atoms with E-state index in [4.69, 9.17) is 10.5 Å². The second kappa shape index (κ2) is 6.86. The lowest BCUT2D eigenvalue weighted by molar-refractivity contribution is 0.0909. The fourth-order valence-corrected chi connectivity index (χ4v) is 2.42. The molecule has 0 atom stereocenters. The van der Waals surface area contributed by atoms with Gasteiger partial charge in [0.15, 0.2) is 5.78 Å². The summed E-state index contributed by atoms with van der Waals surface area (Å²) in [5, 5.41) is 0. The molecule has 0 spiro atoms. The van der Waals surface area contributed by atoms with Gasteiger partial charge in [0.1, 0.15) is 5.75 Å². The first-order valence-corrected chi connectivity index (χ1v) is 7.32. The van der Waals surface area contributed by atoms with Crippen molar-refractivity contribution in [3.8, 4) is 5.75 Å². The van der Waals surface area contributed by atoms with E-state index in [-0.39, 0.29) is 11.9 Å². The third kappa shape index (κ3) is 4.32. The fourth-order valence-electron chi connectivity index (χ4n) is 2.42. The first-order valence-electron chi connectivity index (χ1n) is 7.32. The molecule has 1 aliphatic heterocycles. The van der Waals surface area contributed by atoms with Crippen LogP contribution in [0.1, 0.15) is 37.0 Å². The van der Waals surface area contributed by atoms with Gasteiger partial charge in [-0.1, -0.05) is 12.1 Å². The summed E-state index contributed by atoms with van der Waals surface area (Å²) in [6.45, 7) is 6.25. The first kappa shape index (κ1) is 15.0. The Labute approximate surface area is 120 Å². The molecule has 0 aliphatic carbocycles. The number of rotatable bonds is 5. The number of piperidine rings is 1. The van der Waals surface area contributed by atoms with E-state index in [0.717, 1.165) is 37.2 Å². The maximum Gasteiger partial charge on any atom is 0.176 e. The molecule has 0 saturated carbocycles. The van der Waals surface area contributed by atoms with E-state index in [0.29, 0.717) is 12.6 Å². The second-order valence-corrected chi connectivity index (χ2v) is 5.73. The molecule has 1 aromatic rings. The number of carbonyl (C=O) groups is 1. The van der Waals surface area contributed by atoms with Gasteiger partial charge in [-0.15, -0.1) is 0 Å². The van der Waals surface area contributed by atoms with Crippen LogP contribution in [0.3, 0.4) is 0 Å². The van der Waals surface area contributed by atoms with E-state index in [1.165, 1.54) is 0 Å². The highest BCUT2D eigenvalue weighted by Gasteiger charge is 2.19. The summed E-state index contributed by atoms with van der Waals surface area (Å²) < 4.78 is 5.63. The average Bonchev–Trinajstić information content (AvgIpc) is 2.41. The number of hydrogen-bond donors (Lipinski definition) is 1. The second-order valence-electron chi connectivity index (χ2n) is 5.73. The molecule has 20 heavy (non-hydrogen) atoms. The van der Waals surface area contributed by atoms with E-state index in [1.54, 1.807) is 0 Å². The Kier molecular flexibility index (Phi) is 5.15. The molecule has 1 saturated heterocycles. The summed E-state index contributed by atoms with van der Waals surface area (Å²) in [6, 6.07) is 7.74. The van der Waals surface area contributed by atoms with Gasteiger partial charge in [-0.2, -0.15) is 0 Å². The van der Waals surface area contributed by atoms with Gasteiger partial charge in [-0.3, -0.25) is 9.69 Å². The highest BCUT2D eigenvalue weighted by atomic mass is 16.5. The lowest BCUT2D eigenvalue weighted by atomic mass is 10.0. The zero-order valence-electron chi connectivity index (χ0n) is 12.3. The van der Waals surface area contributed by atoms with Gasteiger partial charge in [-0.25, -0.2) is 0 Å². The SMILES string of the molecule is CC(C)Oc1cccc(C(=O)CN2CCC(N)CC2)c1. The molecule has 1 heterocycles.